The van der Waals surface area contributed by atoms with E-state index < -0.39 is 0 Å². The Bertz CT molecular complexity index is 200. The lowest BCUT2D eigenvalue weighted by Gasteiger charge is -2.22. The van der Waals surface area contributed by atoms with Crippen LogP contribution in [0.5, 0.6) is 0 Å². The standard InChI is InChI=1S/C15H31N/c1-6-8-13(5)16-11-14-10-15(14,9-7-2)12(3)4/h12-14,16H,6-11H2,1-5H3. The van der Waals surface area contributed by atoms with Crippen molar-refractivity contribution in [2.75, 3.05) is 6.54 Å². The SMILES string of the molecule is CCCC(C)NCC1CC1(CCC)C(C)C. The van der Waals surface area contributed by atoms with Crippen molar-refractivity contribution in [1.82, 2.24) is 5.32 Å². The summed E-state index contributed by atoms with van der Waals surface area (Å²) in [6, 6.07) is 0.706. The average Bonchev–Trinajstić information content (AvgIpc) is 2.91. The molecule has 1 N–H and O–H groups in total. The molecule has 0 aliphatic heterocycles. The number of rotatable bonds is 8. The lowest BCUT2D eigenvalue weighted by atomic mass is 9.85. The fourth-order valence-electron chi connectivity index (χ4n) is 3.32. The molecule has 0 heterocycles. The Hall–Kier alpha value is -0.0400. The van der Waals surface area contributed by atoms with Gasteiger partial charge in [0.2, 0.25) is 0 Å². The van der Waals surface area contributed by atoms with Crippen LogP contribution in [0.3, 0.4) is 0 Å². The molecule has 0 bridgehead atoms. The number of hydrogen-bond acceptors (Lipinski definition) is 1. The first kappa shape index (κ1) is 14.0. The van der Waals surface area contributed by atoms with E-state index >= 15 is 0 Å². The normalized spacial score (nSPS) is 30.8. The van der Waals surface area contributed by atoms with Gasteiger partial charge in [0.15, 0.2) is 0 Å². The molecule has 0 amide bonds. The third kappa shape index (κ3) is 3.23. The Morgan fingerprint density at radius 3 is 2.38 bits per heavy atom. The zero-order chi connectivity index (χ0) is 12.2. The minimum absolute atomic E-state index is 0.688. The van der Waals surface area contributed by atoms with Gasteiger partial charge in [-0.1, -0.05) is 40.5 Å². The first-order valence-corrected chi connectivity index (χ1v) is 7.30. The zero-order valence-corrected chi connectivity index (χ0v) is 12.0. The Labute approximate surface area is 102 Å². The van der Waals surface area contributed by atoms with E-state index in [9.17, 15) is 0 Å². The van der Waals surface area contributed by atoms with Crippen LogP contribution in [0, 0.1) is 17.3 Å². The van der Waals surface area contributed by atoms with Crippen LogP contribution in [0.25, 0.3) is 0 Å². The highest BCUT2D eigenvalue weighted by Gasteiger charge is 2.54. The fraction of sp³-hybridized carbons (Fsp3) is 1.00. The summed E-state index contributed by atoms with van der Waals surface area (Å²) in [4.78, 5) is 0. The summed E-state index contributed by atoms with van der Waals surface area (Å²) in [6.45, 7) is 13.0. The summed E-state index contributed by atoms with van der Waals surface area (Å²) in [6.07, 6.45) is 6.85. The van der Waals surface area contributed by atoms with Gasteiger partial charge in [-0.3, -0.25) is 0 Å². The maximum atomic E-state index is 3.71. The van der Waals surface area contributed by atoms with Crippen LogP contribution in [-0.2, 0) is 0 Å². The molecule has 0 aromatic rings. The highest BCUT2D eigenvalue weighted by atomic mass is 14.9. The second kappa shape index (κ2) is 6.05. The molecular weight excluding hydrogens is 194 g/mol. The van der Waals surface area contributed by atoms with Crippen molar-refractivity contribution in [1.29, 1.82) is 0 Å². The molecule has 0 aromatic carbocycles. The second-order valence-electron chi connectivity index (χ2n) is 6.14. The van der Waals surface area contributed by atoms with Crippen LogP contribution < -0.4 is 5.32 Å². The van der Waals surface area contributed by atoms with Crippen LogP contribution >= 0.6 is 0 Å². The Morgan fingerprint density at radius 2 is 1.88 bits per heavy atom. The lowest BCUT2D eigenvalue weighted by Crippen LogP contribution is -2.29. The Balaban J connectivity index is 2.30. The van der Waals surface area contributed by atoms with Crippen molar-refractivity contribution in [2.24, 2.45) is 17.3 Å². The van der Waals surface area contributed by atoms with Gasteiger partial charge in [-0.25, -0.2) is 0 Å². The van der Waals surface area contributed by atoms with Gasteiger partial charge in [-0.05, 0) is 50.0 Å². The van der Waals surface area contributed by atoms with Gasteiger partial charge in [0.05, 0.1) is 0 Å². The van der Waals surface area contributed by atoms with Crippen molar-refractivity contribution in [3.63, 3.8) is 0 Å². The molecule has 1 aliphatic carbocycles. The van der Waals surface area contributed by atoms with Crippen molar-refractivity contribution in [3.05, 3.63) is 0 Å². The van der Waals surface area contributed by atoms with Crippen LogP contribution in [0.15, 0.2) is 0 Å². The van der Waals surface area contributed by atoms with Crippen LogP contribution in [0.1, 0.15) is 66.7 Å². The zero-order valence-electron chi connectivity index (χ0n) is 12.0. The number of hydrogen-bond donors (Lipinski definition) is 1. The van der Waals surface area contributed by atoms with Crippen LogP contribution in [-0.4, -0.2) is 12.6 Å². The molecule has 1 fully saturated rings. The van der Waals surface area contributed by atoms with Gasteiger partial charge in [0.25, 0.3) is 0 Å². The van der Waals surface area contributed by atoms with Crippen molar-refractivity contribution < 1.29 is 0 Å². The van der Waals surface area contributed by atoms with E-state index in [4.69, 9.17) is 0 Å². The molecule has 96 valence electrons. The molecular formula is C15H31N. The average molecular weight is 225 g/mol. The van der Waals surface area contributed by atoms with E-state index in [1.54, 1.807) is 0 Å². The minimum Gasteiger partial charge on any atom is -0.314 e. The second-order valence-corrected chi connectivity index (χ2v) is 6.14. The van der Waals surface area contributed by atoms with Crippen LogP contribution in [0.2, 0.25) is 0 Å². The monoisotopic (exact) mass is 225 g/mol. The molecule has 1 aliphatic rings. The summed E-state index contributed by atoms with van der Waals surface area (Å²) < 4.78 is 0. The summed E-state index contributed by atoms with van der Waals surface area (Å²) >= 11 is 0. The van der Waals surface area contributed by atoms with Gasteiger partial charge in [-0.2, -0.15) is 0 Å². The highest BCUT2D eigenvalue weighted by molar-refractivity contribution is 5.04. The predicted octanol–water partition coefficient (Wildman–Crippen LogP) is 4.23. The topological polar surface area (TPSA) is 12.0 Å². The first-order chi connectivity index (χ1) is 7.56. The highest BCUT2D eigenvalue weighted by Crippen LogP contribution is 2.60. The van der Waals surface area contributed by atoms with Crippen LogP contribution in [0.4, 0.5) is 0 Å². The van der Waals surface area contributed by atoms with E-state index in [0.717, 1.165) is 11.8 Å². The Morgan fingerprint density at radius 1 is 1.19 bits per heavy atom. The smallest absolute Gasteiger partial charge is 0.00387 e. The quantitative estimate of drug-likeness (QED) is 0.652. The third-order valence-corrected chi connectivity index (χ3v) is 4.58. The van der Waals surface area contributed by atoms with E-state index in [2.05, 4.69) is 39.9 Å². The summed E-state index contributed by atoms with van der Waals surface area (Å²) in [7, 11) is 0. The summed E-state index contributed by atoms with van der Waals surface area (Å²) in [5.74, 6) is 1.81. The molecule has 16 heavy (non-hydrogen) atoms. The van der Waals surface area contributed by atoms with Crippen molar-refractivity contribution in [3.8, 4) is 0 Å². The van der Waals surface area contributed by atoms with Gasteiger partial charge in [-0.15, -0.1) is 0 Å². The molecule has 0 aromatic heterocycles. The summed E-state index contributed by atoms with van der Waals surface area (Å²) in [5.41, 5.74) is 0.688. The third-order valence-electron chi connectivity index (χ3n) is 4.58. The summed E-state index contributed by atoms with van der Waals surface area (Å²) in [5, 5.41) is 3.71. The molecule has 0 spiro atoms. The van der Waals surface area contributed by atoms with Gasteiger partial charge >= 0.3 is 0 Å². The molecule has 3 unspecified atom stereocenters. The molecule has 3 atom stereocenters. The van der Waals surface area contributed by atoms with E-state index in [1.807, 2.05) is 0 Å². The van der Waals surface area contributed by atoms with E-state index in [-0.39, 0.29) is 0 Å². The fourth-order valence-corrected chi connectivity index (χ4v) is 3.32. The largest absolute Gasteiger partial charge is 0.314 e. The molecule has 0 radical (unpaired) electrons. The molecule has 1 heteroatoms. The van der Waals surface area contributed by atoms with E-state index in [1.165, 1.54) is 38.6 Å². The predicted molar refractivity (Wildman–Crippen MR) is 72.7 cm³/mol. The maximum absolute atomic E-state index is 3.71. The van der Waals surface area contributed by atoms with Crippen molar-refractivity contribution >= 4 is 0 Å². The van der Waals surface area contributed by atoms with Crippen molar-refractivity contribution in [2.45, 2.75) is 72.8 Å². The van der Waals surface area contributed by atoms with Gasteiger partial charge in [0, 0.05) is 6.04 Å². The Kier molecular flexibility index (Phi) is 5.30. The van der Waals surface area contributed by atoms with E-state index in [0.29, 0.717) is 11.5 Å². The van der Waals surface area contributed by atoms with Gasteiger partial charge in [0.1, 0.15) is 0 Å². The first-order valence-electron chi connectivity index (χ1n) is 7.30. The van der Waals surface area contributed by atoms with Gasteiger partial charge < -0.3 is 5.32 Å². The number of nitrogens with one attached hydrogen (secondary N) is 1. The molecule has 1 nitrogen and oxygen atoms in total. The lowest BCUT2D eigenvalue weighted by molar-refractivity contribution is 0.289. The maximum Gasteiger partial charge on any atom is 0.00387 e. The molecule has 0 saturated heterocycles. The minimum atomic E-state index is 0.688. The molecule has 1 rings (SSSR count). The molecule has 1 saturated carbocycles.